The second kappa shape index (κ2) is 4.75. The van der Waals surface area contributed by atoms with E-state index < -0.39 is 27.7 Å². The number of hydrogen-bond donors (Lipinski definition) is 2. The minimum absolute atomic E-state index is 0.129. The maximum absolute atomic E-state index is 13.4. The first-order valence-electron chi connectivity index (χ1n) is 4.01. The Morgan fingerprint density at radius 1 is 1.38 bits per heavy atom. The molecule has 0 spiro atoms. The van der Waals surface area contributed by atoms with E-state index in [1.807, 2.05) is 0 Å². The van der Waals surface area contributed by atoms with Crippen molar-refractivity contribution >= 4 is 40.8 Å². The number of halogens is 4. The Morgan fingerprint density at radius 3 is 2.31 bits per heavy atom. The lowest BCUT2D eigenvalue weighted by Crippen LogP contribution is -2.13. The van der Waals surface area contributed by atoms with Gasteiger partial charge in [-0.1, -0.05) is 34.8 Å². The number of aromatic carboxylic acids is 1. The van der Waals surface area contributed by atoms with Gasteiger partial charge in [-0.15, -0.1) is 0 Å². The van der Waals surface area contributed by atoms with E-state index in [4.69, 9.17) is 45.0 Å². The molecule has 0 fully saturated rings. The third kappa shape index (κ3) is 2.77. The lowest BCUT2D eigenvalue weighted by molar-refractivity contribution is 0.0690. The summed E-state index contributed by atoms with van der Waals surface area (Å²) in [7, 11) is 0. The maximum atomic E-state index is 13.4. The standard InChI is InChI=1S/C9H6Cl3FO3/c10-9(11,12)5-1-4(3-14)2-6(13)7(5)8(15)16/h1-2,14H,3H2,(H,15,16). The zero-order valence-electron chi connectivity index (χ0n) is 7.68. The second-order valence-electron chi connectivity index (χ2n) is 2.96. The van der Waals surface area contributed by atoms with E-state index in [0.29, 0.717) is 0 Å². The highest BCUT2D eigenvalue weighted by Crippen LogP contribution is 2.41. The van der Waals surface area contributed by atoms with Crippen molar-refractivity contribution in [1.29, 1.82) is 0 Å². The fourth-order valence-electron chi connectivity index (χ4n) is 1.20. The molecule has 16 heavy (non-hydrogen) atoms. The molecule has 88 valence electrons. The van der Waals surface area contributed by atoms with Gasteiger partial charge in [-0.3, -0.25) is 0 Å². The van der Waals surface area contributed by atoms with Gasteiger partial charge in [0.1, 0.15) is 11.4 Å². The lowest BCUT2D eigenvalue weighted by Gasteiger charge is -2.16. The van der Waals surface area contributed by atoms with Gasteiger partial charge in [0.2, 0.25) is 3.79 Å². The number of hydrogen-bond acceptors (Lipinski definition) is 2. The number of carbonyl (C=O) groups is 1. The molecule has 1 aromatic carbocycles. The van der Waals surface area contributed by atoms with Crippen LogP contribution in [0, 0.1) is 5.82 Å². The Bertz CT molecular complexity index is 429. The molecule has 0 saturated carbocycles. The summed E-state index contributed by atoms with van der Waals surface area (Å²) in [5.41, 5.74) is -0.893. The van der Waals surface area contributed by atoms with Crippen LogP contribution in [0.5, 0.6) is 0 Å². The number of rotatable bonds is 2. The third-order valence-electron chi connectivity index (χ3n) is 1.85. The van der Waals surface area contributed by atoms with Gasteiger partial charge in [-0.05, 0) is 17.7 Å². The molecule has 0 heterocycles. The monoisotopic (exact) mass is 286 g/mol. The van der Waals surface area contributed by atoms with E-state index in [-0.39, 0.29) is 11.1 Å². The SMILES string of the molecule is O=C(O)c1c(F)cc(CO)cc1C(Cl)(Cl)Cl. The Kier molecular flexibility index (Phi) is 4.02. The maximum Gasteiger partial charge on any atom is 0.339 e. The Morgan fingerprint density at radius 2 is 1.94 bits per heavy atom. The highest BCUT2D eigenvalue weighted by Gasteiger charge is 2.31. The average Bonchev–Trinajstić information content (AvgIpc) is 2.14. The highest BCUT2D eigenvalue weighted by atomic mass is 35.6. The van der Waals surface area contributed by atoms with Gasteiger partial charge in [0.15, 0.2) is 0 Å². The average molecular weight is 288 g/mol. The first-order chi connectivity index (χ1) is 7.27. The lowest BCUT2D eigenvalue weighted by atomic mass is 10.0. The van der Waals surface area contributed by atoms with E-state index in [0.717, 1.165) is 12.1 Å². The van der Waals surface area contributed by atoms with Crippen LogP contribution in [-0.4, -0.2) is 16.2 Å². The quantitative estimate of drug-likeness (QED) is 0.822. The molecule has 0 radical (unpaired) electrons. The van der Waals surface area contributed by atoms with Gasteiger partial charge in [0, 0.05) is 5.56 Å². The zero-order chi connectivity index (χ0) is 12.5. The van der Waals surface area contributed by atoms with Crippen molar-refractivity contribution < 1.29 is 19.4 Å². The fraction of sp³-hybridized carbons (Fsp3) is 0.222. The van der Waals surface area contributed by atoms with Gasteiger partial charge in [-0.2, -0.15) is 0 Å². The van der Waals surface area contributed by atoms with Crippen LogP contribution < -0.4 is 0 Å². The minimum Gasteiger partial charge on any atom is -0.478 e. The summed E-state index contributed by atoms with van der Waals surface area (Å²) in [5.74, 6) is -2.59. The zero-order valence-corrected chi connectivity index (χ0v) is 9.94. The van der Waals surface area contributed by atoms with Crippen molar-refractivity contribution in [3.8, 4) is 0 Å². The van der Waals surface area contributed by atoms with Crippen molar-refractivity contribution in [2.45, 2.75) is 10.4 Å². The topological polar surface area (TPSA) is 57.5 Å². The normalized spacial score (nSPS) is 11.6. The Hall–Kier alpha value is -0.550. The van der Waals surface area contributed by atoms with Gasteiger partial charge >= 0.3 is 5.97 Å². The molecular weight excluding hydrogens is 281 g/mol. The summed E-state index contributed by atoms with van der Waals surface area (Å²) in [6, 6.07) is 2.02. The highest BCUT2D eigenvalue weighted by molar-refractivity contribution is 6.67. The first-order valence-corrected chi connectivity index (χ1v) is 5.14. The molecular formula is C9H6Cl3FO3. The summed E-state index contributed by atoms with van der Waals surface area (Å²) in [4.78, 5) is 10.8. The molecule has 2 N–H and O–H groups in total. The van der Waals surface area contributed by atoms with Crippen molar-refractivity contribution in [3.05, 3.63) is 34.6 Å². The molecule has 0 atom stereocenters. The molecule has 0 aliphatic heterocycles. The summed E-state index contributed by atoms with van der Waals surface area (Å²) in [5, 5.41) is 17.6. The van der Waals surface area contributed by atoms with Crippen molar-refractivity contribution in [3.63, 3.8) is 0 Å². The predicted octanol–water partition coefficient (Wildman–Crippen LogP) is 2.84. The van der Waals surface area contributed by atoms with E-state index >= 15 is 0 Å². The van der Waals surface area contributed by atoms with Crippen LogP contribution in [0.15, 0.2) is 12.1 Å². The number of carboxylic acid groups (broad SMARTS) is 1. The molecule has 3 nitrogen and oxygen atoms in total. The van der Waals surface area contributed by atoms with Crippen molar-refractivity contribution in [2.24, 2.45) is 0 Å². The van der Waals surface area contributed by atoms with Gasteiger partial charge < -0.3 is 10.2 Å². The van der Waals surface area contributed by atoms with Crippen LogP contribution in [0.1, 0.15) is 21.5 Å². The van der Waals surface area contributed by atoms with E-state index in [2.05, 4.69) is 0 Å². The van der Waals surface area contributed by atoms with Gasteiger partial charge in [0.05, 0.1) is 6.61 Å². The van der Waals surface area contributed by atoms with Crippen LogP contribution >= 0.6 is 34.8 Å². The summed E-state index contributed by atoms with van der Waals surface area (Å²) in [6.07, 6.45) is 0. The molecule has 0 saturated heterocycles. The molecule has 0 bridgehead atoms. The first kappa shape index (κ1) is 13.5. The number of aliphatic hydroxyl groups is 1. The van der Waals surface area contributed by atoms with Crippen LogP contribution in [0.4, 0.5) is 4.39 Å². The number of benzene rings is 1. The number of carboxylic acids is 1. The molecule has 0 unspecified atom stereocenters. The number of alkyl halides is 3. The second-order valence-corrected chi connectivity index (χ2v) is 5.24. The molecule has 0 aromatic heterocycles. The third-order valence-corrected chi connectivity index (χ3v) is 2.46. The van der Waals surface area contributed by atoms with Crippen molar-refractivity contribution in [2.75, 3.05) is 0 Å². The number of aliphatic hydroxyl groups excluding tert-OH is 1. The van der Waals surface area contributed by atoms with Crippen LogP contribution in [-0.2, 0) is 10.4 Å². The predicted molar refractivity (Wildman–Crippen MR) is 58.5 cm³/mol. The molecule has 1 rings (SSSR count). The molecule has 7 heteroatoms. The van der Waals surface area contributed by atoms with Crippen LogP contribution in [0.3, 0.4) is 0 Å². The smallest absolute Gasteiger partial charge is 0.339 e. The summed E-state index contributed by atoms with van der Waals surface area (Å²) in [6.45, 7) is -0.482. The largest absolute Gasteiger partial charge is 0.478 e. The van der Waals surface area contributed by atoms with Crippen molar-refractivity contribution in [1.82, 2.24) is 0 Å². The van der Waals surface area contributed by atoms with Crippen LogP contribution in [0.2, 0.25) is 0 Å². The Labute approximate surface area is 105 Å². The van der Waals surface area contributed by atoms with E-state index in [9.17, 15) is 9.18 Å². The molecule has 1 aromatic rings. The summed E-state index contributed by atoms with van der Waals surface area (Å²) < 4.78 is 11.3. The molecule has 0 aliphatic carbocycles. The van der Waals surface area contributed by atoms with E-state index in [1.165, 1.54) is 0 Å². The fourth-order valence-corrected chi connectivity index (χ4v) is 1.64. The van der Waals surface area contributed by atoms with E-state index in [1.54, 1.807) is 0 Å². The summed E-state index contributed by atoms with van der Waals surface area (Å²) >= 11 is 16.6. The van der Waals surface area contributed by atoms with Gasteiger partial charge in [-0.25, -0.2) is 9.18 Å². The minimum atomic E-state index is -2.07. The molecule has 0 amide bonds. The molecule has 0 aliphatic rings. The van der Waals surface area contributed by atoms with Crippen LogP contribution in [0.25, 0.3) is 0 Å². The van der Waals surface area contributed by atoms with Gasteiger partial charge in [0.25, 0.3) is 0 Å². The Balaban J connectivity index is 3.53.